The molecule has 6 heteroatoms. The van der Waals surface area contributed by atoms with E-state index in [0.29, 0.717) is 4.47 Å². The number of benzene rings is 1. The van der Waals surface area contributed by atoms with E-state index in [-0.39, 0.29) is 11.9 Å². The van der Waals surface area contributed by atoms with Gasteiger partial charge in [0.1, 0.15) is 5.82 Å². The third-order valence-electron chi connectivity index (χ3n) is 2.75. The number of nitrogens with one attached hydrogen (secondary N) is 1. The fourth-order valence-electron chi connectivity index (χ4n) is 1.78. The molecule has 0 aliphatic rings. The third kappa shape index (κ3) is 2.60. The number of nitrogens with zero attached hydrogens (tertiary/aromatic N) is 2. The molecule has 2 rings (SSSR count). The molecule has 0 bridgehead atoms. The second kappa shape index (κ2) is 5.60. The number of aromatic nitrogens is 2. The Balaban J connectivity index is 2.35. The van der Waals surface area contributed by atoms with E-state index in [2.05, 4.69) is 26.5 Å². The summed E-state index contributed by atoms with van der Waals surface area (Å²) < 4.78 is 15.8. The Morgan fingerprint density at radius 2 is 2.28 bits per heavy atom. The van der Waals surface area contributed by atoms with Crippen LogP contribution in [-0.2, 0) is 6.54 Å². The number of halogens is 2. The third-order valence-corrected chi connectivity index (χ3v) is 3.40. The SMILES string of the molecule is CCn1cc(C(NN)c2ccc(Br)c(F)c2)cn1. The minimum Gasteiger partial charge on any atom is -0.273 e. The molecule has 0 aliphatic heterocycles. The summed E-state index contributed by atoms with van der Waals surface area (Å²) in [5, 5.41) is 4.19. The van der Waals surface area contributed by atoms with E-state index in [1.807, 2.05) is 19.2 Å². The maximum absolute atomic E-state index is 13.5. The van der Waals surface area contributed by atoms with Crippen LogP contribution in [0.25, 0.3) is 0 Å². The summed E-state index contributed by atoms with van der Waals surface area (Å²) in [7, 11) is 0. The molecule has 3 N–H and O–H groups in total. The molecule has 1 unspecified atom stereocenters. The lowest BCUT2D eigenvalue weighted by atomic mass is 10.0. The molecule has 1 atom stereocenters. The average Bonchev–Trinajstić information content (AvgIpc) is 2.83. The van der Waals surface area contributed by atoms with Gasteiger partial charge in [0.05, 0.1) is 16.7 Å². The first-order valence-electron chi connectivity index (χ1n) is 5.59. The summed E-state index contributed by atoms with van der Waals surface area (Å²) in [6.45, 7) is 2.78. The number of nitrogens with two attached hydrogens (primary N) is 1. The topological polar surface area (TPSA) is 55.9 Å². The molecule has 0 spiro atoms. The van der Waals surface area contributed by atoms with Crippen molar-refractivity contribution < 1.29 is 4.39 Å². The molecule has 0 amide bonds. The number of hydrogen-bond acceptors (Lipinski definition) is 3. The van der Waals surface area contributed by atoms with E-state index in [0.717, 1.165) is 17.7 Å². The Labute approximate surface area is 113 Å². The first kappa shape index (κ1) is 13.2. The van der Waals surface area contributed by atoms with Crippen molar-refractivity contribution in [2.75, 3.05) is 0 Å². The molecule has 1 heterocycles. The van der Waals surface area contributed by atoms with Crippen LogP contribution < -0.4 is 11.3 Å². The van der Waals surface area contributed by atoms with Crippen LogP contribution in [0.15, 0.2) is 35.1 Å². The van der Waals surface area contributed by atoms with Crippen molar-refractivity contribution in [3.8, 4) is 0 Å². The normalized spacial score (nSPS) is 12.7. The molecular formula is C12H14BrFN4. The van der Waals surface area contributed by atoms with Gasteiger partial charge in [-0.3, -0.25) is 10.5 Å². The Bertz CT molecular complexity index is 541. The second-order valence-electron chi connectivity index (χ2n) is 3.90. The monoisotopic (exact) mass is 312 g/mol. The molecule has 1 aromatic heterocycles. The highest BCUT2D eigenvalue weighted by Gasteiger charge is 2.15. The summed E-state index contributed by atoms with van der Waals surface area (Å²) in [5.74, 6) is 5.24. The molecule has 0 fully saturated rings. The molecule has 18 heavy (non-hydrogen) atoms. The zero-order valence-corrected chi connectivity index (χ0v) is 11.5. The number of aryl methyl sites for hydroxylation is 1. The van der Waals surface area contributed by atoms with Crippen LogP contribution in [-0.4, -0.2) is 9.78 Å². The van der Waals surface area contributed by atoms with Gasteiger partial charge in [-0.05, 0) is 40.5 Å². The van der Waals surface area contributed by atoms with Gasteiger partial charge in [0.2, 0.25) is 0 Å². The fourth-order valence-corrected chi connectivity index (χ4v) is 2.03. The Morgan fingerprint density at radius 1 is 1.50 bits per heavy atom. The number of hydrogen-bond donors (Lipinski definition) is 2. The predicted octanol–water partition coefficient (Wildman–Crippen LogP) is 2.36. The molecule has 0 aliphatic carbocycles. The minimum atomic E-state index is -0.310. The van der Waals surface area contributed by atoms with Crippen molar-refractivity contribution >= 4 is 15.9 Å². The van der Waals surface area contributed by atoms with Crippen molar-refractivity contribution in [1.82, 2.24) is 15.2 Å². The van der Waals surface area contributed by atoms with Gasteiger partial charge in [0, 0.05) is 18.3 Å². The Hall–Kier alpha value is -1.24. The van der Waals surface area contributed by atoms with E-state index in [1.54, 1.807) is 16.9 Å². The average molecular weight is 313 g/mol. The van der Waals surface area contributed by atoms with Gasteiger partial charge >= 0.3 is 0 Å². The molecule has 2 aromatic rings. The van der Waals surface area contributed by atoms with Crippen LogP contribution in [0, 0.1) is 5.82 Å². The van der Waals surface area contributed by atoms with Crippen molar-refractivity contribution in [3.05, 3.63) is 52.0 Å². The molecule has 0 saturated carbocycles. The molecule has 96 valence electrons. The van der Waals surface area contributed by atoms with Crippen molar-refractivity contribution in [2.24, 2.45) is 5.84 Å². The molecule has 0 radical (unpaired) electrons. The minimum absolute atomic E-state index is 0.270. The van der Waals surface area contributed by atoms with Crippen LogP contribution in [0.2, 0.25) is 0 Å². The van der Waals surface area contributed by atoms with E-state index in [4.69, 9.17) is 5.84 Å². The van der Waals surface area contributed by atoms with Crippen molar-refractivity contribution in [2.45, 2.75) is 19.5 Å². The summed E-state index contributed by atoms with van der Waals surface area (Å²) in [6, 6.07) is 4.67. The highest BCUT2D eigenvalue weighted by molar-refractivity contribution is 9.10. The van der Waals surface area contributed by atoms with Gasteiger partial charge in [0.15, 0.2) is 0 Å². The lowest BCUT2D eigenvalue weighted by molar-refractivity contribution is 0.599. The number of hydrazine groups is 1. The first-order chi connectivity index (χ1) is 8.65. The molecule has 1 aromatic carbocycles. The number of rotatable bonds is 4. The zero-order valence-electron chi connectivity index (χ0n) is 9.90. The van der Waals surface area contributed by atoms with E-state index in [1.165, 1.54) is 6.07 Å². The van der Waals surface area contributed by atoms with Gasteiger partial charge in [-0.1, -0.05) is 6.07 Å². The summed E-state index contributed by atoms with van der Waals surface area (Å²) in [5.41, 5.74) is 4.35. The van der Waals surface area contributed by atoms with Crippen LogP contribution >= 0.6 is 15.9 Å². The smallest absolute Gasteiger partial charge is 0.137 e. The lowest BCUT2D eigenvalue weighted by Crippen LogP contribution is -2.28. The van der Waals surface area contributed by atoms with Gasteiger partial charge in [-0.25, -0.2) is 9.82 Å². The highest BCUT2D eigenvalue weighted by Crippen LogP contribution is 2.24. The fraction of sp³-hybridized carbons (Fsp3) is 0.250. The van der Waals surface area contributed by atoms with E-state index < -0.39 is 0 Å². The van der Waals surface area contributed by atoms with Crippen LogP contribution in [0.4, 0.5) is 4.39 Å². The Kier molecular flexibility index (Phi) is 4.11. The molecule has 4 nitrogen and oxygen atoms in total. The van der Waals surface area contributed by atoms with Gasteiger partial charge in [0.25, 0.3) is 0 Å². The largest absolute Gasteiger partial charge is 0.273 e. The van der Waals surface area contributed by atoms with Crippen LogP contribution in [0.3, 0.4) is 0 Å². The second-order valence-corrected chi connectivity index (χ2v) is 4.76. The quantitative estimate of drug-likeness (QED) is 0.673. The van der Waals surface area contributed by atoms with Gasteiger partial charge < -0.3 is 0 Å². The van der Waals surface area contributed by atoms with Crippen molar-refractivity contribution in [3.63, 3.8) is 0 Å². The van der Waals surface area contributed by atoms with Crippen molar-refractivity contribution in [1.29, 1.82) is 0 Å². The summed E-state index contributed by atoms with van der Waals surface area (Å²) >= 11 is 3.13. The molecular weight excluding hydrogens is 299 g/mol. The van der Waals surface area contributed by atoms with E-state index in [9.17, 15) is 4.39 Å². The summed E-state index contributed by atoms with van der Waals surface area (Å²) in [4.78, 5) is 0. The highest BCUT2D eigenvalue weighted by atomic mass is 79.9. The maximum atomic E-state index is 13.5. The van der Waals surface area contributed by atoms with Gasteiger partial charge in [-0.15, -0.1) is 0 Å². The van der Waals surface area contributed by atoms with Crippen LogP contribution in [0.1, 0.15) is 24.1 Å². The summed E-state index contributed by atoms with van der Waals surface area (Å²) in [6.07, 6.45) is 3.62. The first-order valence-corrected chi connectivity index (χ1v) is 6.38. The Morgan fingerprint density at radius 3 is 2.83 bits per heavy atom. The zero-order chi connectivity index (χ0) is 13.1. The maximum Gasteiger partial charge on any atom is 0.137 e. The van der Waals surface area contributed by atoms with E-state index >= 15 is 0 Å². The molecule has 0 saturated heterocycles. The standard InChI is InChI=1S/C12H14BrFN4/c1-2-18-7-9(6-16-18)12(17-15)8-3-4-10(13)11(14)5-8/h3-7,12,17H,2,15H2,1H3. The van der Waals surface area contributed by atoms with Gasteiger partial charge in [-0.2, -0.15) is 5.10 Å². The van der Waals surface area contributed by atoms with Crippen LogP contribution in [0.5, 0.6) is 0 Å². The lowest BCUT2D eigenvalue weighted by Gasteiger charge is -2.15. The predicted molar refractivity (Wildman–Crippen MR) is 71.2 cm³/mol.